The number of rotatable bonds is 4. The molecule has 20 heavy (non-hydrogen) atoms. The number of hydrogen-bond acceptors (Lipinski definition) is 5. The van der Waals surface area contributed by atoms with Crippen LogP contribution in [0.2, 0.25) is 0 Å². The number of hydroxylamine groups is 1. The molecule has 116 valence electrons. The Labute approximate surface area is 119 Å². The largest absolute Gasteiger partial charge is 0.481 e. The first-order chi connectivity index (χ1) is 9.12. The molecule has 1 aliphatic rings. The SMILES string of the molecule is CN1CCC(CC(=O)O)(ONC(=O)OC(C)(C)C)CC1. The molecule has 0 radical (unpaired) electrons. The van der Waals surface area contributed by atoms with E-state index in [1.165, 1.54) is 0 Å². The topological polar surface area (TPSA) is 88.1 Å². The van der Waals surface area contributed by atoms with Crippen LogP contribution < -0.4 is 5.48 Å². The normalized spacial score (nSPS) is 19.4. The maximum Gasteiger partial charge on any atom is 0.431 e. The Kier molecular flexibility index (Phi) is 5.35. The molecule has 1 rings (SSSR count). The molecule has 0 saturated carbocycles. The van der Waals surface area contributed by atoms with Crippen molar-refractivity contribution in [2.45, 2.75) is 51.2 Å². The van der Waals surface area contributed by atoms with Crippen LogP contribution in [-0.2, 0) is 14.4 Å². The first-order valence-corrected chi connectivity index (χ1v) is 6.69. The summed E-state index contributed by atoms with van der Waals surface area (Å²) in [6, 6.07) is 0. The number of carbonyl (C=O) groups is 2. The fourth-order valence-electron chi connectivity index (χ4n) is 2.07. The molecule has 0 aromatic rings. The van der Waals surface area contributed by atoms with Gasteiger partial charge in [0.1, 0.15) is 11.2 Å². The van der Waals surface area contributed by atoms with E-state index in [2.05, 4.69) is 10.4 Å². The van der Waals surface area contributed by atoms with Gasteiger partial charge in [0, 0.05) is 13.1 Å². The molecule has 0 unspecified atom stereocenters. The second-order valence-electron chi connectivity index (χ2n) is 6.26. The number of hydrogen-bond donors (Lipinski definition) is 2. The Morgan fingerprint density at radius 1 is 1.30 bits per heavy atom. The second kappa shape index (κ2) is 6.41. The van der Waals surface area contributed by atoms with Gasteiger partial charge < -0.3 is 14.7 Å². The van der Waals surface area contributed by atoms with Gasteiger partial charge in [-0.2, -0.15) is 5.48 Å². The standard InChI is InChI=1S/C13H24N2O5/c1-12(2,3)19-11(18)14-20-13(9-10(16)17)5-7-15(4)8-6-13/h5-9H2,1-4H3,(H,14,18)(H,16,17). The Balaban J connectivity index is 2.57. The Bertz CT molecular complexity index is 356. The quantitative estimate of drug-likeness (QED) is 0.760. The third-order valence-corrected chi connectivity index (χ3v) is 3.12. The van der Waals surface area contributed by atoms with Gasteiger partial charge in [0.2, 0.25) is 0 Å². The van der Waals surface area contributed by atoms with Crippen molar-refractivity contribution in [2.75, 3.05) is 20.1 Å². The van der Waals surface area contributed by atoms with Gasteiger partial charge in [-0.15, -0.1) is 0 Å². The molecule has 1 amide bonds. The molecular weight excluding hydrogens is 264 g/mol. The van der Waals surface area contributed by atoms with Gasteiger partial charge in [0.05, 0.1) is 6.42 Å². The summed E-state index contributed by atoms with van der Waals surface area (Å²) in [4.78, 5) is 30.1. The van der Waals surface area contributed by atoms with Crippen LogP contribution in [0.3, 0.4) is 0 Å². The van der Waals surface area contributed by atoms with E-state index >= 15 is 0 Å². The Morgan fingerprint density at radius 3 is 2.30 bits per heavy atom. The van der Waals surface area contributed by atoms with Crippen LogP contribution in [0.1, 0.15) is 40.0 Å². The highest BCUT2D eigenvalue weighted by Crippen LogP contribution is 2.28. The molecule has 1 aliphatic heterocycles. The number of carboxylic acid groups (broad SMARTS) is 1. The first kappa shape index (κ1) is 16.7. The highest BCUT2D eigenvalue weighted by molar-refractivity contribution is 5.68. The number of carbonyl (C=O) groups excluding carboxylic acids is 1. The maximum absolute atomic E-state index is 11.6. The number of piperidine rings is 1. The van der Waals surface area contributed by atoms with Gasteiger partial charge in [0.15, 0.2) is 0 Å². The molecule has 0 atom stereocenters. The van der Waals surface area contributed by atoms with Gasteiger partial charge in [-0.25, -0.2) is 4.79 Å². The summed E-state index contributed by atoms with van der Waals surface area (Å²) in [6.07, 6.45) is 0.245. The van der Waals surface area contributed by atoms with Crippen molar-refractivity contribution in [3.05, 3.63) is 0 Å². The van der Waals surface area contributed by atoms with E-state index in [0.29, 0.717) is 12.8 Å². The molecular formula is C13H24N2O5. The van der Waals surface area contributed by atoms with Crippen molar-refractivity contribution in [3.8, 4) is 0 Å². The molecule has 0 aromatic heterocycles. The number of nitrogens with one attached hydrogen (secondary N) is 1. The van der Waals surface area contributed by atoms with Gasteiger partial charge in [-0.1, -0.05) is 0 Å². The lowest BCUT2D eigenvalue weighted by Gasteiger charge is -2.38. The molecule has 1 heterocycles. The minimum Gasteiger partial charge on any atom is -0.481 e. The van der Waals surface area contributed by atoms with E-state index in [0.717, 1.165) is 13.1 Å². The third-order valence-electron chi connectivity index (χ3n) is 3.12. The summed E-state index contributed by atoms with van der Waals surface area (Å²) in [5, 5.41) is 9.01. The number of carboxylic acids is 1. The van der Waals surface area contributed by atoms with Crippen LogP contribution in [-0.4, -0.2) is 53.4 Å². The van der Waals surface area contributed by atoms with Crippen LogP contribution in [0.4, 0.5) is 4.79 Å². The lowest BCUT2D eigenvalue weighted by molar-refractivity contribution is -0.161. The van der Waals surface area contributed by atoms with Gasteiger partial charge >= 0.3 is 12.1 Å². The van der Waals surface area contributed by atoms with Crippen LogP contribution in [0, 0.1) is 0 Å². The zero-order valence-electron chi connectivity index (χ0n) is 12.6. The van der Waals surface area contributed by atoms with Crippen LogP contribution >= 0.6 is 0 Å². The monoisotopic (exact) mass is 288 g/mol. The van der Waals surface area contributed by atoms with E-state index in [1.807, 2.05) is 7.05 Å². The molecule has 0 bridgehead atoms. The minimum absolute atomic E-state index is 0.142. The molecule has 7 heteroatoms. The summed E-state index contributed by atoms with van der Waals surface area (Å²) in [6.45, 7) is 6.69. The first-order valence-electron chi connectivity index (χ1n) is 6.69. The summed E-state index contributed by atoms with van der Waals surface area (Å²) in [7, 11) is 1.96. The van der Waals surface area contributed by atoms with Crippen molar-refractivity contribution in [1.29, 1.82) is 0 Å². The van der Waals surface area contributed by atoms with Crippen molar-refractivity contribution >= 4 is 12.1 Å². The van der Waals surface area contributed by atoms with E-state index in [1.54, 1.807) is 20.8 Å². The summed E-state index contributed by atoms with van der Waals surface area (Å²) in [5.41, 5.74) is 0.736. The van der Waals surface area contributed by atoms with E-state index in [-0.39, 0.29) is 6.42 Å². The molecule has 2 N–H and O–H groups in total. The maximum atomic E-state index is 11.6. The number of likely N-dealkylation sites (tertiary alicyclic amines) is 1. The minimum atomic E-state index is -0.944. The smallest absolute Gasteiger partial charge is 0.431 e. The van der Waals surface area contributed by atoms with Crippen molar-refractivity contribution in [1.82, 2.24) is 10.4 Å². The van der Waals surface area contributed by atoms with Crippen molar-refractivity contribution in [2.24, 2.45) is 0 Å². The number of nitrogens with zero attached hydrogens (tertiary/aromatic N) is 1. The Morgan fingerprint density at radius 2 is 1.85 bits per heavy atom. The fraction of sp³-hybridized carbons (Fsp3) is 0.846. The highest BCUT2D eigenvalue weighted by atomic mass is 16.7. The van der Waals surface area contributed by atoms with E-state index in [9.17, 15) is 9.59 Å². The van der Waals surface area contributed by atoms with Gasteiger partial charge in [-0.3, -0.25) is 9.63 Å². The fourth-order valence-corrected chi connectivity index (χ4v) is 2.07. The molecule has 0 aliphatic carbocycles. The van der Waals surface area contributed by atoms with E-state index in [4.69, 9.17) is 14.7 Å². The number of amides is 1. The van der Waals surface area contributed by atoms with Crippen molar-refractivity contribution in [3.63, 3.8) is 0 Å². The lowest BCUT2D eigenvalue weighted by atomic mass is 9.88. The predicted molar refractivity (Wildman–Crippen MR) is 72.2 cm³/mol. The van der Waals surface area contributed by atoms with Crippen LogP contribution in [0.25, 0.3) is 0 Å². The Hall–Kier alpha value is -1.34. The lowest BCUT2D eigenvalue weighted by Crippen LogP contribution is -2.50. The number of aliphatic carboxylic acids is 1. The summed E-state index contributed by atoms with van der Waals surface area (Å²) >= 11 is 0. The average molecular weight is 288 g/mol. The van der Waals surface area contributed by atoms with Crippen LogP contribution in [0.15, 0.2) is 0 Å². The highest BCUT2D eigenvalue weighted by Gasteiger charge is 2.38. The van der Waals surface area contributed by atoms with Crippen molar-refractivity contribution < 1.29 is 24.3 Å². The zero-order chi connectivity index (χ0) is 15.4. The van der Waals surface area contributed by atoms with Crippen LogP contribution in [0.5, 0.6) is 0 Å². The number of ether oxygens (including phenoxy) is 1. The zero-order valence-corrected chi connectivity index (χ0v) is 12.6. The molecule has 1 saturated heterocycles. The molecule has 7 nitrogen and oxygen atoms in total. The van der Waals surface area contributed by atoms with Gasteiger partial charge in [0.25, 0.3) is 0 Å². The predicted octanol–water partition coefficient (Wildman–Crippen LogP) is 1.38. The molecule has 0 aromatic carbocycles. The van der Waals surface area contributed by atoms with Gasteiger partial charge in [-0.05, 0) is 40.7 Å². The summed E-state index contributed by atoms with van der Waals surface area (Å²) < 4.78 is 5.07. The average Bonchev–Trinajstić information content (AvgIpc) is 2.28. The summed E-state index contributed by atoms with van der Waals surface area (Å²) in [5.74, 6) is -0.944. The second-order valence-corrected chi connectivity index (χ2v) is 6.26. The third kappa shape index (κ3) is 5.75. The molecule has 0 spiro atoms. The molecule has 1 fully saturated rings. The van der Waals surface area contributed by atoms with E-state index < -0.39 is 23.3 Å².